The Morgan fingerprint density at radius 3 is 2.50 bits per heavy atom. The van der Waals surface area contributed by atoms with Gasteiger partial charge in [0.2, 0.25) is 0 Å². The standard InChI is InChI=1S/C11H26N2O/c1-5-11(3)12-7-8-13(6-2)9-10-14-4/h11-12H,5-10H2,1-4H3. The maximum absolute atomic E-state index is 5.06. The Bertz CT molecular complexity index is 120. The van der Waals surface area contributed by atoms with Crippen molar-refractivity contribution < 1.29 is 4.74 Å². The third-order valence-corrected chi connectivity index (χ3v) is 2.59. The molecule has 14 heavy (non-hydrogen) atoms. The van der Waals surface area contributed by atoms with E-state index in [9.17, 15) is 0 Å². The number of hydrogen-bond acceptors (Lipinski definition) is 3. The second-order valence-corrected chi connectivity index (χ2v) is 3.69. The lowest BCUT2D eigenvalue weighted by Gasteiger charge is -2.21. The molecule has 1 atom stereocenters. The molecule has 0 aliphatic carbocycles. The number of nitrogens with zero attached hydrogens (tertiary/aromatic N) is 1. The molecule has 0 rings (SSSR count). The Balaban J connectivity index is 3.42. The molecule has 0 amide bonds. The van der Waals surface area contributed by atoms with Crippen molar-refractivity contribution in [2.45, 2.75) is 33.2 Å². The van der Waals surface area contributed by atoms with Crippen LogP contribution < -0.4 is 5.32 Å². The summed E-state index contributed by atoms with van der Waals surface area (Å²) in [6.07, 6.45) is 1.20. The second-order valence-electron chi connectivity index (χ2n) is 3.69. The topological polar surface area (TPSA) is 24.5 Å². The Labute approximate surface area is 88.8 Å². The second kappa shape index (κ2) is 9.44. The van der Waals surface area contributed by atoms with Gasteiger partial charge in [-0.05, 0) is 19.9 Å². The molecule has 1 N–H and O–H groups in total. The van der Waals surface area contributed by atoms with Gasteiger partial charge in [-0.15, -0.1) is 0 Å². The summed E-state index contributed by atoms with van der Waals surface area (Å²) in [7, 11) is 1.76. The highest BCUT2D eigenvalue weighted by Gasteiger charge is 2.02. The molecule has 0 bridgehead atoms. The number of ether oxygens (including phenoxy) is 1. The van der Waals surface area contributed by atoms with Crippen molar-refractivity contribution in [2.75, 3.05) is 39.9 Å². The van der Waals surface area contributed by atoms with Crippen LogP contribution in [0.4, 0.5) is 0 Å². The van der Waals surface area contributed by atoms with Gasteiger partial charge >= 0.3 is 0 Å². The molecule has 0 aliphatic heterocycles. The van der Waals surface area contributed by atoms with Gasteiger partial charge in [0, 0.05) is 32.8 Å². The third kappa shape index (κ3) is 7.30. The summed E-state index contributed by atoms with van der Waals surface area (Å²) in [6, 6.07) is 0.635. The highest BCUT2D eigenvalue weighted by molar-refractivity contribution is 4.61. The van der Waals surface area contributed by atoms with Crippen LogP contribution in [0.5, 0.6) is 0 Å². The molecule has 0 radical (unpaired) electrons. The largest absolute Gasteiger partial charge is 0.383 e. The summed E-state index contributed by atoms with van der Waals surface area (Å²) < 4.78 is 5.06. The fourth-order valence-electron chi connectivity index (χ4n) is 1.26. The van der Waals surface area contributed by atoms with E-state index < -0.39 is 0 Å². The van der Waals surface area contributed by atoms with E-state index in [-0.39, 0.29) is 0 Å². The Morgan fingerprint density at radius 1 is 1.29 bits per heavy atom. The van der Waals surface area contributed by atoms with Gasteiger partial charge in [-0.3, -0.25) is 0 Å². The predicted octanol–water partition coefficient (Wildman–Crippen LogP) is 1.34. The van der Waals surface area contributed by atoms with Crippen LogP contribution in [0.2, 0.25) is 0 Å². The van der Waals surface area contributed by atoms with E-state index in [0.29, 0.717) is 6.04 Å². The molecule has 0 fully saturated rings. The monoisotopic (exact) mass is 202 g/mol. The first-order valence-electron chi connectivity index (χ1n) is 5.69. The van der Waals surface area contributed by atoms with Crippen molar-refractivity contribution in [2.24, 2.45) is 0 Å². The van der Waals surface area contributed by atoms with Crippen molar-refractivity contribution in [1.29, 1.82) is 0 Å². The highest BCUT2D eigenvalue weighted by atomic mass is 16.5. The van der Waals surface area contributed by atoms with Crippen LogP contribution in [0, 0.1) is 0 Å². The number of nitrogens with one attached hydrogen (secondary N) is 1. The summed E-state index contributed by atoms with van der Waals surface area (Å²) in [5.41, 5.74) is 0. The molecule has 0 aromatic heterocycles. The van der Waals surface area contributed by atoms with Crippen LogP contribution in [0.15, 0.2) is 0 Å². The first-order chi connectivity index (χ1) is 6.74. The SMILES string of the molecule is CCC(C)NCCN(CC)CCOC. The lowest BCUT2D eigenvalue weighted by molar-refractivity contribution is 0.150. The van der Waals surface area contributed by atoms with Crippen LogP contribution in [-0.4, -0.2) is 50.8 Å². The summed E-state index contributed by atoms with van der Waals surface area (Å²) in [4.78, 5) is 2.40. The van der Waals surface area contributed by atoms with Crippen LogP contribution >= 0.6 is 0 Å². The number of methoxy groups -OCH3 is 1. The van der Waals surface area contributed by atoms with E-state index in [2.05, 4.69) is 31.0 Å². The Hall–Kier alpha value is -0.120. The summed E-state index contributed by atoms with van der Waals surface area (Å²) in [5, 5.41) is 3.49. The van der Waals surface area contributed by atoms with E-state index in [1.165, 1.54) is 6.42 Å². The van der Waals surface area contributed by atoms with Gasteiger partial charge in [0.05, 0.1) is 6.61 Å². The van der Waals surface area contributed by atoms with Crippen LogP contribution in [0.25, 0.3) is 0 Å². The zero-order valence-corrected chi connectivity index (χ0v) is 10.2. The Kier molecular flexibility index (Phi) is 9.35. The average Bonchev–Trinajstić information content (AvgIpc) is 2.22. The molecule has 86 valence electrons. The lowest BCUT2D eigenvalue weighted by atomic mass is 10.2. The van der Waals surface area contributed by atoms with Gasteiger partial charge in [-0.1, -0.05) is 13.8 Å². The minimum atomic E-state index is 0.635. The van der Waals surface area contributed by atoms with Crippen molar-refractivity contribution in [3.05, 3.63) is 0 Å². The van der Waals surface area contributed by atoms with Gasteiger partial charge in [0.25, 0.3) is 0 Å². The zero-order chi connectivity index (χ0) is 10.8. The third-order valence-electron chi connectivity index (χ3n) is 2.59. The number of likely N-dealkylation sites (N-methyl/N-ethyl adjacent to an activating group) is 1. The Morgan fingerprint density at radius 2 is 2.00 bits per heavy atom. The van der Waals surface area contributed by atoms with Crippen molar-refractivity contribution in [3.63, 3.8) is 0 Å². The number of rotatable bonds is 9. The van der Waals surface area contributed by atoms with Crippen molar-refractivity contribution in [3.8, 4) is 0 Å². The lowest BCUT2D eigenvalue weighted by Crippen LogP contribution is -2.37. The maximum Gasteiger partial charge on any atom is 0.0589 e. The molecule has 0 aromatic carbocycles. The molecule has 0 saturated heterocycles. The van der Waals surface area contributed by atoms with Crippen LogP contribution in [-0.2, 0) is 4.74 Å². The summed E-state index contributed by atoms with van der Waals surface area (Å²) in [5.74, 6) is 0. The summed E-state index contributed by atoms with van der Waals surface area (Å²) >= 11 is 0. The first kappa shape index (κ1) is 13.9. The molecule has 0 aliphatic rings. The minimum absolute atomic E-state index is 0.635. The van der Waals surface area contributed by atoms with E-state index >= 15 is 0 Å². The van der Waals surface area contributed by atoms with E-state index in [1.807, 2.05) is 0 Å². The van der Waals surface area contributed by atoms with Gasteiger partial charge in [0.15, 0.2) is 0 Å². The van der Waals surface area contributed by atoms with Crippen LogP contribution in [0.3, 0.4) is 0 Å². The quantitative estimate of drug-likeness (QED) is 0.611. The van der Waals surface area contributed by atoms with Gasteiger partial charge < -0.3 is 15.0 Å². The van der Waals surface area contributed by atoms with Gasteiger partial charge in [-0.25, -0.2) is 0 Å². The van der Waals surface area contributed by atoms with Gasteiger partial charge in [-0.2, -0.15) is 0 Å². The molecule has 3 heteroatoms. The van der Waals surface area contributed by atoms with E-state index in [4.69, 9.17) is 4.74 Å². The van der Waals surface area contributed by atoms with Crippen molar-refractivity contribution in [1.82, 2.24) is 10.2 Å². The highest BCUT2D eigenvalue weighted by Crippen LogP contribution is 1.89. The molecular formula is C11H26N2O. The first-order valence-corrected chi connectivity index (χ1v) is 5.69. The van der Waals surface area contributed by atoms with E-state index in [0.717, 1.165) is 32.8 Å². The van der Waals surface area contributed by atoms with Gasteiger partial charge in [0.1, 0.15) is 0 Å². The fourth-order valence-corrected chi connectivity index (χ4v) is 1.26. The van der Waals surface area contributed by atoms with Crippen molar-refractivity contribution >= 4 is 0 Å². The fraction of sp³-hybridized carbons (Fsp3) is 1.00. The molecule has 0 aromatic rings. The summed E-state index contributed by atoms with van der Waals surface area (Å²) in [6.45, 7) is 11.8. The molecule has 0 heterocycles. The molecule has 1 unspecified atom stereocenters. The molecular weight excluding hydrogens is 176 g/mol. The predicted molar refractivity (Wildman–Crippen MR) is 61.7 cm³/mol. The normalized spacial score (nSPS) is 13.5. The maximum atomic E-state index is 5.06. The zero-order valence-electron chi connectivity index (χ0n) is 10.2. The van der Waals surface area contributed by atoms with Crippen LogP contribution in [0.1, 0.15) is 27.2 Å². The number of hydrogen-bond donors (Lipinski definition) is 1. The molecule has 0 spiro atoms. The average molecular weight is 202 g/mol. The van der Waals surface area contributed by atoms with E-state index in [1.54, 1.807) is 7.11 Å². The molecule has 3 nitrogen and oxygen atoms in total. The minimum Gasteiger partial charge on any atom is -0.383 e. The molecule has 0 saturated carbocycles. The smallest absolute Gasteiger partial charge is 0.0589 e.